The van der Waals surface area contributed by atoms with Crippen molar-refractivity contribution in [2.24, 2.45) is 0 Å². The zero-order chi connectivity index (χ0) is 18.3. The monoisotopic (exact) mass is 370 g/mol. The maximum Gasteiger partial charge on any atom is 0.573 e. The van der Waals surface area contributed by atoms with Crippen LogP contribution in [0.4, 0.5) is 18.9 Å². The van der Waals surface area contributed by atoms with Gasteiger partial charge in [0.15, 0.2) is 5.11 Å². The van der Waals surface area contributed by atoms with Gasteiger partial charge in [0, 0.05) is 5.69 Å². The van der Waals surface area contributed by atoms with Gasteiger partial charge in [-0.25, -0.2) is 0 Å². The quantitative estimate of drug-likeness (QED) is 0.588. The van der Waals surface area contributed by atoms with Gasteiger partial charge >= 0.3 is 6.36 Å². The lowest BCUT2D eigenvalue weighted by Crippen LogP contribution is -2.31. The summed E-state index contributed by atoms with van der Waals surface area (Å²) in [5.74, 6) is 0.490. The number of anilines is 1. The molecule has 0 heterocycles. The molecule has 0 unspecified atom stereocenters. The summed E-state index contributed by atoms with van der Waals surface area (Å²) in [6, 6.07) is 13.0. The summed E-state index contributed by atoms with van der Waals surface area (Å²) >= 11 is 5.12. The fourth-order valence-corrected chi connectivity index (χ4v) is 2.17. The molecule has 2 N–H and O–H groups in total. The van der Waals surface area contributed by atoms with Crippen LogP contribution in [0.15, 0.2) is 48.5 Å². The van der Waals surface area contributed by atoms with Gasteiger partial charge < -0.3 is 20.1 Å². The van der Waals surface area contributed by atoms with E-state index in [0.717, 1.165) is 11.3 Å². The van der Waals surface area contributed by atoms with Crippen LogP contribution in [0, 0.1) is 6.92 Å². The number of nitrogens with one attached hydrogen (secondary N) is 2. The third kappa shape index (κ3) is 7.30. The topological polar surface area (TPSA) is 42.5 Å². The average Bonchev–Trinajstić information content (AvgIpc) is 2.52. The molecule has 0 aliphatic rings. The molecule has 0 radical (unpaired) electrons. The van der Waals surface area contributed by atoms with Crippen LogP contribution in [0.1, 0.15) is 5.56 Å². The van der Waals surface area contributed by atoms with Crippen molar-refractivity contribution in [2.45, 2.75) is 13.3 Å². The molecule has 4 nitrogen and oxygen atoms in total. The molecule has 134 valence electrons. The van der Waals surface area contributed by atoms with Gasteiger partial charge in [-0.1, -0.05) is 12.1 Å². The number of ether oxygens (including phenoxy) is 2. The first-order valence-electron chi connectivity index (χ1n) is 7.42. The first kappa shape index (κ1) is 18.9. The number of rotatable bonds is 6. The van der Waals surface area contributed by atoms with E-state index in [0.29, 0.717) is 24.0 Å². The number of alkyl halides is 3. The second-order valence-corrected chi connectivity index (χ2v) is 5.53. The minimum atomic E-state index is -4.71. The lowest BCUT2D eigenvalue weighted by Gasteiger charge is -2.12. The number of hydrogen-bond donors (Lipinski definition) is 2. The maximum absolute atomic E-state index is 12.1. The summed E-state index contributed by atoms with van der Waals surface area (Å²) in [6.07, 6.45) is -4.71. The van der Waals surface area contributed by atoms with Crippen molar-refractivity contribution in [1.82, 2.24) is 5.32 Å². The first-order chi connectivity index (χ1) is 11.8. The summed E-state index contributed by atoms with van der Waals surface area (Å²) in [5.41, 5.74) is 1.66. The lowest BCUT2D eigenvalue weighted by atomic mass is 10.2. The lowest BCUT2D eigenvalue weighted by molar-refractivity contribution is -0.274. The molecule has 2 rings (SSSR count). The Kier molecular flexibility index (Phi) is 6.46. The summed E-state index contributed by atoms with van der Waals surface area (Å²) in [7, 11) is 0. The van der Waals surface area contributed by atoms with Gasteiger partial charge in [0.05, 0.1) is 6.54 Å². The van der Waals surface area contributed by atoms with Crippen molar-refractivity contribution in [3.8, 4) is 11.5 Å². The molecule has 8 heteroatoms. The summed E-state index contributed by atoms with van der Waals surface area (Å²) in [4.78, 5) is 0. The third-order valence-corrected chi connectivity index (χ3v) is 3.24. The second-order valence-electron chi connectivity index (χ2n) is 5.12. The predicted molar refractivity (Wildman–Crippen MR) is 94.0 cm³/mol. The van der Waals surface area contributed by atoms with E-state index in [1.165, 1.54) is 24.3 Å². The van der Waals surface area contributed by atoms with E-state index in [1.54, 1.807) is 0 Å². The normalized spacial score (nSPS) is 10.9. The molecule has 0 amide bonds. The Labute approximate surface area is 148 Å². The predicted octanol–water partition coefficient (Wildman–Crippen LogP) is 4.26. The highest BCUT2D eigenvalue weighted by atomic mass is 32.1. The Hall–Kier alpha value is -2.48. The van der Waals surface area contributed by atoms with Crippen LogP contribution in [0.5, 0.6) is 11.5 Å². The van der Waals surface area contributed by atoms with Gasteiger partial charge in [0.1, 0.15) is 18.1 Å². The molecular formula is C17H17F3N2O2S. The Morgan fingerprint density at radius 2 is 1.80 bits per heavy atom. The van der Waals surface area contributed by atoms with Crippen molar-refractivity contribution in [3.63, 3.8) is 0 Å². The number of hydrogen-bond acceptors (Lipinski definition) is 3. The Balaban J connectivity index is 1.71. The van der Waals surface area contributed by atoms with Crippen LogP contribution >= 0.6 is 12.2 Å². The smallest absolute Gasteiger partial charge is 0.492 e. The van der Waals surface area contributed by atoms with E-state index in [2.05, 4.69) is 15.4 Å². The van der Waals surface area contributed by atoms with E-state index >= 15 is 0 Å². The maximum atomic E-state index is 12.1. The Morgan fingerprint density at radius 1 is 1.08 bits per heavy atom. The summed E-state index contributed by atoms with van der Waals surface area (Å²) < 4.78 is 45.6. The molecule has 0 fully saturated rings. The fraction of sp³-hybridized carbons (Fsp3) is 0.235. The molecule has 2 aromatic rings. The minimum absolute atomic E-state index is 0.288. The summed E-state index contributed by atoms with van der Waals surface area (Å²) in [5, 5.41) is 6.17. The van der Waals surface area contributed by atoms with E-state index in [1.807, 2.05) is 31.2 Å². The Bertz CT molecular complexity index is 706. The molecule has 0 aliphatic carbocycles. The molecule has 0 spiro atoms. The van der Waals surface area contributed by atoms with Crippen LogP contribution in [0.3, 0.4) is 0 Å². The van der Waals surface area contributed by atoms with Crippen molar-refractivity contribution in [3.05, 3.63) is 54.1 Å². The zero-order valence-corrected chi connectivity index (χ0v) is 14.2. The number of thiocarbonyl (C=S) groups is 1. The van der Waals surface area contributed by atoms with Crippen LogP contribution in [0.25, 0.3) is 0 Å². The number of halogens is 3. The van der Waals surface area contributed by atoms with Crippen LogP contribution in [-0.4, -0.2) is 24.6 Å². The largest absolute Gasteiger partial charge is 0.573 e. The van der Waals surface area contributed by atoms with Gasteiger partial charge in [-0.15, -0.1) is 13.2 Å². The highest BCUT2D eigenvalue weighted by Crippen LogP contribution is 2.23. The fourth-order valence-electron chi connectivity index (χ4n) is 1.95. The Morgan fingerprint density at radius 3 is 2.44 bits per heavy atom. The third-order valence-electron chi connectivity index (χ3n) is 2.99. The van der Waals surface area contributed by atoms with Crippen LogP contribution in [0.2, 0.25) is 0 Å². The van der Waals surface area contributed by atoms with E-state index in [-0.39, 0.29) is 5.75 Å². The van der Waals surface area contributed by atoms with E-state index in [4.69, 9.17) is 17.0 Å². The molecule has 2 aromatic carbocycles. The molecule has 0 aliphatic heterocycles. The van der Waals surface area contributed by atoms with Crippen molar-refractivity contribution in [1.29, 1.82) is 0 Å². The highest BCUT2D eigenvalue weighted by Gasteiger charge is 2.30. The zero-order valence-electron chi connectivity index (χ0n) is 13.4. The van der Waals surface area contributed by atoms with E-state index in [9.17, 15) is 13.2 Å². The highest BCUT2D eigenvalue weighted by molar-refractivity contribution is 7.80. The molecule has 25 heavy (non-hydrogen) atoms. The molecule has 0 bridgehead atoms. The molecule has 0 aromatic heterocycles. The van der Waals surface area contributed by atoms with Gasteiger partial charge in [-0.2, -0.15) is 0 Å². The minimum Gasteiger partial charge on any atom is -0.492 e. The van der Waals surface area contributed by atoms with Crippen molar-refractivity contribution in [2.75, 3.05) is 18.5 Å². The van der Waals surface area contributed by atoms with Gasteiger partial charge in [-0.05, 0) is 61.1 Å². The van der Waals surface area contributed by atoms with Crippen LogP contribution < -0.4 is 20.1 Å². The standard InChI is InChI=1S/C17H17F3N2O2S/c1-12-3-2-4-15(11-12)23-10-9-21-16(25)22-13-5-7-14(8-6-13)24-17(18,19)20/h2-8,11H,9-10H2,1H3,(H2,21,22,25). The molecular weight excluding hydrogens is 353 g/mol. The molecule has 0 atom stereocenters. The van der Waals surface area contributed by atoms with Gasteiger partial charge in [-0.3, -0.25) is 0 Å². The molecule has 0 saturated carbocycles. The van der Waals surface area contributed by atoms with Gasteiger partial charge in [0.25, 0.3) is 0 Å². The van der Waals surface area contributed by atoms with Crippen LogP contribution in [-0.2, 0) is 0 Å². The number of benzene rings is 2. The van der Waals surface area contributed by atoms with E-state index < -0.39 is 6.36 Å². The first-order valence-corrected chi connectivity index (χ1v) is 7.83. The SMILES string of the molecule is Cc1cccc(OCCNC(=S)Nc2ccc(OC(F)(F)F)cc2)c1. The van der Waals surface area contributed by atoms with Crippen molar-refractivity contribution < 1.29 is 22.6 Å². The number of aryl methyl sites for hydroxylation is 1. The average molecular weight is 370 g/mol. The van der Waals surface area contributed by atoms with Crippen molar-refractivity contribution >= 4 is 23.0 Å². The summed E-state index contributed by atoms with van der Waals surface area (Å²) in [6.45, 7) is 2.88. The van der Waals surface area contributed by atoms with Gasteiger partial charge in [0.2, 0.25) is 0 Å². The molecule has 0 saturated heterocycles. The second kappa shape index (κ2) is 8.57.